The number of hydrogen-bond acceptors (Lipinski definition) is 3. The third-order valence-corrected chi connectivity index (χ3v) is 4.81. The predicted molar refractivity (Wildman–Crippen MR) is 86.0 cm³/mol. The number of nitrogens with one attached hydrogen (secondary N) is 1. The van der Waals surface area contributed by atoms with Gasteiger partial charge in [-0.05, 0) is 31.5 Å². The number of hydrogen-bond donors (Lipinski definition) is 1. The molecule has 0 saturated carbocycles. The van der Waals surface area contributed by atoms with Gasteiger partial charge in [-0.1, -0.05) is 48.0 Å². The van der Waals surface area contributed by atoms with Crippen LogP contribution in [0, 0.1) is 6.92 Å². The Hall–Kier alpha value is -1.98. The molecular weight excluding hydrogens is 298 g/mol. The molecule has 0 amide bonds. The van der Waals surface area contributed by atoms with Gasteiger partial charge < -0.3 is 0 Å². The molecule has 4 nitrogen and oxygen atoms in total. The Labute approximate surface area is 131 Å². The maximum atomic E-state index is 12.5. The van der Waals surface area contributed by atoms with E-state index in [1.807, 2.05) is 37.3 Å². The lowest BCUT2D eigenvalue weighted by atomic mass is 10.0. The zero-order chi connectivity index (χ0) is 16.2. The fourth-order valence-corrected chi connectivity index (χ4v) is 3.40. The zero-order valence-electron chi connectivity index (χ0n) is 12.6. The number of aryl methyl sites for hydroxylation is 1. The van der Waals surface area contributed by atoms with Crippen LogP contribution in [0.15, 0.2) is 59.5 Å². The topological polar surface area (TPSA) is 63.2 Å². The van der Waals surface area contributed by atoms with Gasteiger partial charge in [0.2, 0.25) is 10.0 Å². The van der Waals surface area contributed by atoms with Crippen molar-refractivity contribution in [1.82, 2.24) is 4.72 Å². The van der Waals surface area contributed by atoms with E-state index in [1.165, 1.54) is 6.92 Å². The van der Waals surface area contributed by atoms with Gasteiger partial charge >= 0.3 is 0 Å². The van der Waals surface area contributed by atoms with E-state index in [0.29, 0.717) is 0 Å². The Morgan fingerprint density at radius 3 is 2.18 bits per heavy atom. The highest BCUT2D eigenvalue weighted by Crippen LogP contribution is 2.20. The Morgan fingerprint density at radius 2 is 1.64 bits per heavy atom. The van der Waals surface area contributed by atoms with Crippen molar-refractivity contribution in [2.75, 3.05) is 0 Å². The van der Waals surface area contributed by atoms with Crippen LogP contribution < -0.4 is 4.72 Å². The van der Waals surface area contributed by atoms with Crippen molar-refractivity contribution in [3.05, 3.63) is 65.7 Å². The largest absolute Gasteiger partial charge is 0.300 e. The van der Waals surface area contributed by atoms with E-state index in [4.69, 9.17) is 0 Å². The van der Waals surface area contributed by atoms with Crippen molar-refractivity contribution < 1.29 is 13.2 Å². The number of rotatable bonds is 6. The van der Waals surface area contributed by atoms with Crippen LogP contribution in [0.3, 0.4) is 0 Å². The molecule has 2 rings (SSSR count). The van der Waals surface area contributed by atoms with Crippen LogP contribution in [0.2, 0.25) is 0 Å². The van der Waals surface area contributed by atoms with Crippen molar-refractivity contribution >= 4 is 15.8 Å². The third kappa shape index (κ3) is 4.26. The molecule has 2 aromatic carbocycles. The number of carbonyl (C=O) groups is 1. The summed E-state index contributed by atoms with van der Waals surface area (Å²) in [6, 6.07) is 15.2. The van der Waals surface area contributed by atoms with E-state index in [1.54, 1.807) is 24.3 Å². The van der Waals surface area contributed by atoms with Crippen molar-refractivity contribution in [3.63, 3.8) is 0 Å². The molecule has 116 valence electrons. The lowest BCUT2D eigenvalue weighted by Crippen LogP contribution is -2.30. The predicted octanol–water partition coefficient (Wildman–Crippen LogP) is 2.99. The van der Waals surface area contributed by atoms with Crippen molar-refractivity contribution in [3.8, 4) is 0 Å². The summed E-state index contributed by atoms with van der Waals surface area (Å²) in [7, 11) is -3.67. The molecule has 1 N–H and O–H groups in total. The average Bonchev–Trinajstić information content (AvgIpc) is 2.47. The molecule has 0 unspecified atom stereocenters. The number of carbonyl (C=O) groups excluding carboxylic acids is 1. The average molecular weight is 317 g/mol. The van der Waals surface area contributed by atoms with Gasteiger partial charge in [0.1, 0.15) is 5.78 Å². The summed E-state index contributed by atoms with van der Waals surface area (Å²) in [4.78, 5) is 11.7. The van der Waals surface area contributed by atoms with Gasteiger partial charge in [0.25, 0.3) is 0 Å². The Morgan fingerprint density at radius 1 is 1.05 bits per heavy atom. The van der Waals surface area contributed by atoms with Gasteiger partial charge in [-0.3, -0.25) is 4.79 Å². The van der Waals surface area contributed by atoms with Crippen LogP contribution in [0.4, 0.5) is 0 Å². The fourth-order valence-electron chi connectivity index (χ4n) is 2.17. The van der Waals surface area contributed by atoms with Crippen LogP contribution >= 0.6 is 0 Å². The lowest BCUT2D eigenvalue weighted by molar-refractivity contribution is -0.117. The summed E-state index contributed by atoms with van der Waals surface area (Å²) in [5.41, 5.74) is 1.76. The zero-order valence-corrected chi connectivity index (χ0v) is 13.4. The minimum absolute atomic E-state index is 0.0690. The fraction of sp³-hybridized carbons (Fsp3) is 0.235. The second-order valence-corrected chi connectivity index (χ2v) is 7.02. The molecular formula is C17H19NO3S. The van der Waals surface area contributed by atoms with Gasteiger partial charge in [-0.15, -0.1) is 0 Å². The van der Waals surface area contributed by atoms with Crippen LogP contribution in [0.25, 0.3) is 0 Å². The van der Waals surface area contributed by atoms with Gasteiger partial charge in [0.05, 0.1) is 10.9 Å². The van der Waals surface area contributed by atoms with Crippen molar-refractivity contribution in [2.24, 2.45) is 0 Å². The second kappa shape index (κ2) is 6.85. The molecule has 5 heteroatoms. The second-order valence-electron chi connectivity index (χ2n) is 5.30. The third-order valence-electron chi connectivity index (χ3n) is 3.32. The van der Waals surface area contributed by atoms with Crippen LogP contribution in [-0.2, 0) is 14.8 Å². The maximum Gasteiger partial charge on any atom is 0.241 e. The molecule has 0 radical (unpaired) electrons. The highest BCUT2D eigenvalue weighted by molar-refractivity contribution is 7.89. The highest BCUT2D eigenvalue weighted by Gasteiger charge is 2.22. The Balaban J connectivity index is 2.30. The van der Waals surface area contributed by atoms with Gasteiger partial charge in [0.15, 0.2) is 0 Å². The van der Waals surface area contributed by atoms with Crippen LogP contribution in [-0.4, -0.2) is 14.2 Å². The Kier molecular flexibility index (Phi) is 5.11. The van der Waals surface area contributed by atoms with E-state index in [9.17, 15) is 13.2 Å². The minimum Gasteiger partial charge on any atom is -0.300 e. The van der Waals surface area contributed by atoms with Crippen LogP contribution in [0.5, 0.6) is 0 Å². The molecule has 0 saturated heterocycles. The molecule has 1 atom stereocenters. The lowest BCUT2D eigenvalue weighted by Gasteiger charge is -2.18. The first kappa shape index (κ1) is 16.4. The summed E-state index contributed by atoms with van der Waals surface area (Å²) < 4.78 is 27.6. The minimum atomic E-state index is -3.67. The molecule has 0 bridgehead atoms. The highest BCUT2D eigenvalue weighted by atomic mass is 32.2. The molecule has 0 aliphatic carbocycles. The summed E-state index contributed by atoms with van der Waals surface area (Å²) in [6.45, 7) is 3.35. The van der Waals surface area contributed by atoms with E-state index in [-0.39, 0.29) is 17.1 Å². The van der Waals surface area contributed by atoms with Crippen LogP contribution in [0.1, 0.15) is 30.5 Å². The van der Waals surface area contributed by atoms with Gasteiger partial charge in [-0.25, -0.2) is 13.1 Å². The molecule has 2 aromatic rings. The van der Waals surface area contributed by atoms with E-state index in [0.717, 1.165) is 11.1 Å². The molecule has 0 fully saturated rings. The molecule has 0 aliphatic heterocycles. The smallest absolute Gasteiger partial charge is 0.241 e. The SMILES string of the molecule is CC(=O)C[C@H](NS(=O)(=O)c1ccc(C)cc1)c1ccccc1. The maximum absolute atomic E-state index is 12.5. The normalized spacial score (nSPS) is 12.8. The number of Topliss-reactive ketones (excluding diaryl/α,β-unsaturated/α-hetero) is 1. The number of benzene rings is 2. The van der Waals surface area contributed by atoms with E-state index in [2.05, 4.69) is 4.72 Å². The van der Waals surface area contributed by atoms with Crippen molar-refractivity contribution in [2.45, 2.75) is 31.2 Å². The first-order chi connectivity index (χ1) is 10.4. The Bertz CT molecular complexity index is 737. The molecule has 22 heavy (non-hydrogen) atoms. The van der Waals surface area contributed by atoms with E-state index < -0.39 is 16.1 Å². The molecule has 0 heterocycles. The summed E-state index contributed by atoms with van der Waals surface area (Å²) in [5.74, 6) is -0.0690. The van der Waals surface area contributed by atoms with Crippen molar-refractivity contribution in [1.29, 1.82) is 0 Å². The van der Waals surface area contributed by atoms with E-state index >= 15 is 0 Å². The molecule has 0 spiro atoms. The number of ketones is 1. The quantitative estimate of drug-likeness (QED) is 0.891. The first-order valence-corrected chi connectivity index (χ1v) is 8.50. The summed E-state index contributed by atoms with van der Waals surface area (Å²) in [5, 5.41) is 0. The standard InChI is InChI=1S/C17H19NO3S/c1-13-8-10-16(11-9-13)22(20,21)18-17(12-14(2)19)15-6-4-3-5-7-15/h3-11,17-18H,12H2,1-2H3/t17-/m0/s1. The summed E-state index contributed by atoms with van der Waals surface area (Å²) in [6.07, 6.45) is 0.120. The molecule has 0 aromatic heterocycles. The first-order valence-electron chi connectivity index (χ1n) is 7.02. The van der Waals surface area contributed by atoms with Gasteiger partial charge in [-0.2, -0.15) is 0 Å². The molecule has 0 aliphatic rings. The monoisotopic (exact) mass is 317 g/mol. The number of sulfonamides is 1. The summed E-state index contributed by atoms with van der Waals surface area (Å²) >= 11 is 0. The van der Waals surface area contributed by atoms with Gasteiger partial charge in [0, 0.05) is 6.42 Å².